The van der Waals surface area contributed by atoms with Gasteiger partial charge in [0.1, 0.15) is 0 Å². The molecule has 1 aliphatic heterocycles. The Bertz CT molecular complexity index is 732. The van der Waals surface area contributed by atoms with E-state index in [0.29, 0.717) is 40.4 Å². The van der Waals surface area contributed by atoms with Gasteiger partial charge < -0.3 is 14.5 Å². The smallest absolute Gasteiger partial charge is 0.262 e. The average Bonchev–Trinajstić information content (AvgIpc) is 2.59. The molecule has 0 unspecified atom stereocenters. The molecule has 0 saturated heterocycles. The number of aromatic amines is 1. The Morgan fingerprint density at radius 1 is 1.28 bits per heavy atom. The molecule has 3 rings (SSSR count). The van der Waals surface area contributed by atoms with Gasteiger partial charge in [-0.05, 0) is 18.3 Å². The number of rotatable bonds is 0. The lowest BCUT2D eigenvalue weighted by Gasteiger charge is -2.09. The zero-order valence-corrected chi connectivity index (χ0v) is 10.7. The summed E-state index contributed by atoms with van der Waals surface area (Å²) in [6.07, 6.45) is 0.832. The fraction of sp³-hybridized carbons (Fsp3) is 0.333. The normalized spacial score (nSPS) is 14.5. The van der Waals surface area contributed by atoms with Gasteiger partial charge in [-0.15, -0.1) is 0 Å². The first-order valence-electron chi connectivity index (χ1n) is 5.69. The van der Waals surface area contributed by atoms with Crippen molar-refractivity contribution in [2.75, 3.05) is 13.2 Å². The van der Waals surface area contributed by atoms with Crippen molar-refractivity contribution in [1.29, 1.82) is 0 Å². The molecular formula is C12H12N2O3S. The molecule has 2 heterocycles. The molecule has 0 fully saturated rings. The van der Waals surface area contributed by atoms with E-state index in [2.05, 4.69) is 4.98 Å². The van der Waals surface area contributed by atoms with Crippen LogP contribution in [-0.4, -0.2) is 22.8 Å². The van der Waals surface area contributed by atoms with Gasteiger partial charge >= 0.3 is 0 Å². The summed E-state index contributed by atoms with van der Waals surface area (Å²) in [5.74, 6) is 1.27. The molecule has 0 aliphatic carbocycles. The number of aromatic nitrogens is 2. The van der Waals surface area contributed by atoms with E-state index in [9.17, 15) is 4.79 Å². The third-order valence-corrected chi connectivity index (χ3v) is 3.34. The molecule has 1 aromatic heterocycles. The molecule has 0 spiro atoms. The number of hydrogen-bond acceptors (Lipinski definition) is 4. The van der Waals surface area contributed by atoms with Crippen molar-refractivity contribution in [3.05, 3.63) is 27.3 Å². The SMILES string of the molecule is Cn1c(=S)[nH]c2cc3c(cc2c1=O)OCCCO3. The standard InChI is InChI=1S/C12H12N2O3S/c1-14-11(15)7-5-9-10(17-4-2-3-16-9)6-8(7)13-12(14)18/h5-6H,2-4H2,1H3,(H,13,18). The lowest BCUT2D eigenvalue weighted by molar-refractivity contribution is 0.297. The average molecular weight is 264 g/mol. The zero-order chi connectivity index (χ0) is 12.7. The lowest BCUT2D eigenvalue weighted by atomic mass is 10.2. The molecule has 1 aliphatic rings. The van der Waals surface area contributed by atoms with E-state index < -0.39 is 0 Å². The van der Waals surface area contributed by atoms with Crippen LogP contribution < -0.4 is 15.0 Å². The number of nitrogens with one attached hydrogen (secondary N) is 1. The van der Waals surface area contributed by atoms with Gasteiger partial charge in [0.15, 0.2) is 16.3 Å². The minimum absolute atomic E-state index is 0.135. The predicted molar refractivity (Wildman–Crippen MR) is 70.0 cm³/mol. The monoisotopic (exact) mass is 264 g/mol. The summed E-state index contributed by atoms with van der Waals surface area (Å²) in [5.41, 5.74) is 0.539. The van der Waals surface area contributed by atoms with Crippen LogP contribution in [0.3, 0.4) is 0 Å². The summed E-state index contributed by atoms with van der Waals surface area (Å²) >= 11 is 5.09. The topological polar surface area (TPSA) is 56.2 Å². The summed E-state index contributed by atoms with van der Waals surface area (Å²) in [4.78, 5) is 15.1. The number of H-pyrrole nitrogens is 1. The number of benzene rings is 1. The second-order valence-electron chi connectivity index (χ2n) is 4.19. The number of nitrogens with zero attached hydrogens (tertiary/aromatic N) is 1. The van der Waals surface area contributed by atoms with Crippen molar-refractivity contribution >= 4 is 23.1 Å². The van der Waals surface area contributed by atoms with Gasteiger partial charge in [0, 0.05) is 19.5 Å². The van der Waals surface area contributed by atoms with Gasteiger partial charge in [-0.3, -0.25) is 9.36 Å². The zero-order valence-electron chi connectivity index (χ0n) is 9.86. The van der Waals surface area contributed by atoms with Crippen molar-refractivity contribution < 1.29 is 9.47 Å². The minimum atomic E-state index is -0.135. The molecule has 0 amide bonds. The van der Waals surface area contributed by atoms with Crippen LogP contribution in [0.1, 0.15) is 6.42 Å². The van der Waals surface area contributed by atoms with Crippen LogP contribution >= 0.6 is 12.2 Å². The van der Waals surface area contributed by atoms with Crippen LogP contribution in [0.5, 0.6) is 11.5 Å². The van der Waals surface area contributed by atoms with Crippen LogP contribution in [0.15, 0.2) is 16.9 Å². The maximum Gasteiger partial charge on any atom is 0.262 e. The largest absolute Gasteiger partial charge is 0.490 e. The Morgan fingerprint density at radius 3 is 2.67 bits per heavy atom. The van der Waals surface area contributed by atoms with Crippen molar-refractivity contribution in [3.8, 4) is 11.5 Å². The third-order valence-electron chi connectivity index (χ3n) is 2.97. The predicted octanol–water partition coefficient (Wildman–Crippen LogP) is 1.76. The van der Waals surface area contributed by atoms with Gasteiger partial charge in [0.2, 0.25) is 0 Å². The Balaban J connectivity index is 2.36. The molecule has 2 aromatic rings. The second kappa shape index (κ2) is 4.13. The van der Waals surface area contributed by atoms with Crippen LogP contribution in [-0.2, 0) is 7.05 Å². The van der Waals surface area contributed by atoms with E-state index >= 15 is 0 Å². The highest BCUT2D eigenvalue weighted by molar-refractivity contribution is 7.71. The van der Waals surface area contributed by atoms with Crippen molar-refractivity contribution in [3.63, 3.8) is 0 Å². The highest BCUT2D eigenvalue weighted by Gasteiger charge is 2.13. The summed E-state index contributed by atoms with van der Waals surface area (Å²) in [6.45, 7) is 1.21. The first kappa shape index (κ1) is 11.3. The number of fused-ring (bicyclic) bond motifs is 2. The quantitative estimate of drug-likeness (QED) is 0.737. The van der Waals surface area contributed by atoms with Gasteiger partial charge in [0.05, 0.1) is 24.1 Å². The first-order chi connectivity index (χ1) is 8.66. The van der Waals surface area contributed by atoms with E-state index in [-0.39, 0.29) is 5.56 Å². The van der Waals surface area contributed by atoms with Gasteiger partial charge in [-0.1, -0.05) is 0 Å². The molecule has 1 N–H and O–H groups in total. The second-order valence-corrected chi connectivity index (χ2v) is 4.58. The van der Waals surface area contributed by atoms with Crippen molar-refractivity contribution in [1.82, 2.24) is 9.55 Å². The highest BCUT2D eigenvalue weighted by atomic mass is 32.1. The first-order valence-corrected chi connectivity index (χ1v) is 6.10. The molecule has 0 radical (unpaired) electrons. The summed E-state index contributed by atoms with van der Waals surface area (Å²) in [6, 6.07) is 3.48. The summed E-state index contributed by atoms with van der Waals surface area (Å²) < 4.78 is 12.9. The Labute approximate surface area is 108 Å². The number of ether oxygens (including phenoxy) is 2. The fourth-order valence-corrected chi connectivity index (χ4v) is 2.15. The van der Waals surface area contributed by atoms with Gasteiger partial charge in [0.25, 0.3) is 5.56 Å². The lowest BCUT2D eigenvalue weighted by Crippen LogP contribution is -2.18. The van der Waals surface area contributed by atoms with Crippen LogP contribution in [0.4, 0.5) is 0 Å². The molecule has 18 heavy (non-hydrogen) atoms. The van der Waals surface area contributed by atoms with Gasteiger partial charge in [-0.25, -0.2) is 0 Å². The molecule has 1 aromatic carbocycles. The summed E-state index contributed by atoms with van der Waals surface area (Å²) in [5, 5.41) is 0.551. The van der Waals surface area contributed by atoms with Gasteiger partial charge in [-0.2, -0.15) is 0 Å². The Morgan fingerprint density at radius 2 is 1.94 bits per heavy atom. The van der Waals surface area contributed by atoms with E-state index in [4.69, 9.17) is 21.7 Å². The van der Waals surface area contributed by atoms with Crippen LogP contribution in [0.2, 0.25) is 0 Å². The molecule has 0 atom stereocenters. The van der Waals surface area contributed by atoms with E-state index in [1.165, 1.54) is 4.57 Å². The maximum atomic E-state index is 12.1. The molecule has 0 saturated carbocycles. The van der Waals surface area contributed by atoms with Crippen molar-refractivity contribution in [2.24, 2.45) is 7.05 Å². The van der Waals surface area contributed by atoms with Crippen LogP contribution in [0, 0.1) is 4.77 Å². The van der Waals surface area contributed by atoms with E-state index in [1.807, 2.05) is 0 Å². The molecule has 6 heteroatoms. The Kier molecular flexibility index (Phi) is 2.59. The maximum absolute atomic E-state index is 12.1. The number of hydrogen-bond donors (Lipinski definition) is 1. The Hall–Kier alpha value is -1.82. The van der Waals surface area contributed by atoms with Crippen LogP contribution in [0.25, 0.3) is 10.9 Å². The molecular weight excluding hydrogens is 252 g/mol. The molecule has 94 valence electrons. The highest BCUT2D eigenvalue weighted by Crippen LogP contribution is 2.32. The fourth-order valence-electron chi connectivity index (χ4n) is 1.96. The minimum Gasteiger partial charge on any atom is -0.490 e. The van der Waals surface area contributed by atoms with Crippen molar-refractivity contribution in [2.45, 2.75) is 6.42 Å². The third kappa shape index (κ3) is 1.69. The molecule has 5 nitrogen and oxygen atoms in total. The molecule has 0 bridgehead atoms. The summed E-state index contributed by atoms with van der Waals surface area (Å²) in [7, 11) is 1.64. The van der Waals surface area contributed by atoms with E-state index in [0.717, 1.165) is 6.42 Å². The van der Waals surface area contributed by atoms with E-state index in [1.54, 1.807) is 19.2 Å².